The largest absolute Gasteiger partial charge is 0.422 e. The van der Waals surface area contributed by atoms with Crippen LogP contribution in [0.15, 0.2) is 119 Å². The summed E-state index contributed by atoms with van der Waals surface area (Å²) in [7, 11) is 4.08. The minimum atomic E-state index is -0.342. The van der Waals surface area contributed by atoms with Crippen LogP contribution in [0.4, 0.5) is 0 Å². The molecule has 3 heterocycles. The molecular formula is C36H28N2O2. The molecule has 0 saturated heterocycles. The van der Waals surface area contributed by atoms with E-state index < -0.39 is 0 Å². The molecule has 7 rings (SSSR count). The van der Waals surface area contributed by atoms with Gasteiger partial charge in [0.1, 0.15) is 5.58 Å². The summed E-state index contributed by atoms with van der Waals surface area (Å²) in [6.07, 6.45) is 0. The smallest absolute Gasteiger partial charge is 0.345 e. The lowest BCUT2D eigenvalue weighted by Gasteiger charge is -2.12. The average molecular weight is 521 g/mol. The molecular weight excluding hydrogens is 492 g/mol. The third kappa shape index (κ3) is 3.57. The van der Waals surface area contributed by atoms with Crippen LogP contribution < -0.4 is 5.63 Å². The maximum Gasteiger partial charge on any atom is 0.345 e. The standard InChI is InChI=1S/C36H28N2O2/c1-22(2)23-13-15-24(16-14-23)31-17-19-33(37(31)3)34-20-18-32(38(34)4)30-21-29-27-11-6-5-9-25(27)26-10-7-8-12-28(26)35(29)40-36(30)39/h5-21H,1H2,2-4H3. The molecule has 0 aliphatic heterocycles. The van der Waals surface area contributed by atoms with E-state index in [0.29, 0.717) is 11.1 Å². The second-order valence-corrected chi connectivity index (χ2v) is 10.5. The molecule has 0 saturated carbocycles. The van der Waals surface area contributed by atoms with E-state index in [2.05, 4.69) is 83.4 Å². The Kier molecular flexibility index (Phi) is 5.39. The van der Waals surface area contributed by atoms with Gasteiger partial charge in [-0.3, -0.25) is 0 Å². The first-order valence-electron chi connectivity index (χ1n) is 13.4. The lowest BCUT2D eigenvalue weighted by Crippen LogP contribution is -2.07. The van der Waals surface area contributed by atoms with Gasteiger partial charge in [-0.2, -0.15) is 0 Å². The van der Waals surface area contributed by atoms with Crippen LogP contribution in [-0.2, 0) is 14.1 Å². The summed E-state index contributed by atoms with van der Waals surface area (Å²) in [4.78, 5) is 13.5. The van der Waals surface area contributed by atoms with Gasteiger partial charge in [-0.05, 0) is 64.5 Å². The maximum absolute atomic E-state index is 13.5. The zero-order valence-corrected chi connectivity index (χ0v) is 22.7. The van der Waals surface area contributed by atoms with Gasteiger partial charge in [-0.15, -0.1) is 0 Å². The number of fused-ring (bicyclic) bond motifs is 6. The van der Waals surface area contributed by atoms with Crippen LogP contribution in [0.1, 0.15) is 12.5 Å². The van der Waals surface area contributed by atoms with Crippen molar-refractivity contribution < 1.29 is 4.42 Å². The Morgan fingerprint density at radius 3 is 1.75 bits per heavy atom. The predicted molar refractivity (Wildman–Crippen MR) is 166 cm³/mol. The number of hydrogen-bond donors (Lipinski definition) is 0. The van der Waals surface area contributed by atoms with E-state index >= 15 is 0 Å². The Hall–Kier alpha value is -5.09. The van der Waals surface area contributed by atoms with Crippen molar-refractivity contribution >= 4 is 38.1 Å². The molecule has 4 nitrogen and oxygen atoms in total. The summed E-state index contributed by atoms with van der Waals surface area (Å²) in [5.74, 6) is 0. The average Bonchev–Trinajstić information content (AvgIpc) is 3.54. The molecule has 194 valence electrons. The van der Waals surface area contributed by atoms with Crippen LogP contribution in [0, 0.1) is 0 Å². The van der Waals surface area contributed by atoms with E-state index in [0.717, 1.165) is 66.4 Å². The molecule has 0 fully saturated rings. The predicted octanol–water partition coefficient (Wildman–Crippen LogP) is 8.81. The minimum absolute atomic E-state index is 0.342. The van der Waals surface area contributed by atoms with Crippen LogP contribution in [0.25, 0.3) is 72.0 Å². The van der Waals surface area contributed by atoms with Gasteiger partial charge in [0.05, 0.1) is 22.6 Å². The molecule has 0 aliphatic rings. The van der Waals surface area contributed by atoms with E-state index in [4.69, 9.17) is 4.42 Å². The second-order valence-electron chi connectivity index (χ2n) is 10.5. The Balaban J connectivity index is 1.37. The Morgan fingerprint density at radius 2 is 1.12 bits per heavy atom. The van der Waals surface area contributed by atoms with E-state index in [9.17, 15) is 4.79 Å². The molecule has 4 aromatic carbocycles. The van der Waals surface area contributed by atoms with Gasteiger partial charge in [-0.1, -0.05) is 84.9 Å². The molecule has 0 unspecified atom stereocenters. The molecule has 40 heavy (non-hydrogen) atoms. The van der Waals surface area contributed by atoms with Crippen LogP contribution in [-0.4, -0.2) is 9.13 Å². The first-order chi connectivity index (χ1) is 19.4. The lowest BCUT2D eigenvalue weighted by molar-refractivity contribution is 0.566. The first kappa shape index (κ1) is 24.0. The summed E-state index contributed by atoms with van der Waals surface area (Å²) >= 11 is 0. The molecule has 7 aromatic rings. The van der Waals surface area contributed by atoms with Crippen molar-refractivity contribution in [2.45, 2.75) is 6.92 Å². The molecule has 0 N–H and O–H groups in total. The summed E-state index contributed by atoms with van der Waals surface area (Å²) < 4.78 is 10.3. The summed E-state index contributed by atoms with van der Waals surface area (Å²) in [5.41, 5.74) is 8.18. The topological polar surface area (TPSA) is 40.1 Å². The van der Waals surface area contributed by atoms with E-state index in [1.54, 1.807) is 0 Å². The molecule has 0 bridgehead atoms. The highest BCUT2D eigenvalue weighted by atomic mass is 16.4. The fourth-order valence-corrected chi connectivity index (χ4v) is 5.94. The zero-order chi connectivity index (χ0) is 27.5. The SMILES string of the molecule is C=C(C)c1ccc(-c2ccc(-c3ccc(-c4cc5c6ccccc6c6ccccc6c5oc4=O)n3C)n2C)cc1. The third-order valence-corrected chi connectivity index (χ3v) is 8.08. The summed E-state index contributed by atoms with van der Waals surface area (Å²) in [5, 5.41) is 5.17. The molecule has 0 aliphatic carbocycles. The van der Waals surface area contributed by atoms with Crippen molar-refractivity contribution in [2.24, 2.45) is 14.1 Å². The highest BCUT2D eigenvalue weighted by molar-refractivity contribution is 6.23. The van der Waals surface area contributed by atoms with Gasteiger partial charge in [0.2, 0.25) is 0 Å². The van der Waals surface area contributed by atoms with Gasteiger partial charge in [-0.25, -0.2) is 4.79 Å². The minimum Gasteiger partial charge on any atom is -0.422 e. The van der Waals surface area contributed by atoms with Crippen molar-refractivity contribution in [1.29, 1.82) is 0 Å². The normalized spacial score (nSPS) is 11.6. The molecule has 3 aromatic heterocycles. The Bertz CT molecular complexity index is 2170. The van der Waals surface area contributed by atoms with Gasteiger partial charge < -0.3 is 13.6 Å². The number of benzene rings is 4. The van der Waals surface area contributed by atoms with E-state index in [-0.39, 0.29) is 5.63 Å². The van der Waals surface area contributed by atoms with Crippen molar-refractivity contribution in [3.8, 4) is 33.9 Å². The van der Waals surface area contributed by atoms with Gasteiger partial charge in [0, 0.05) is 30.6 Å². The summed E-state index contributed by atoms with van der Waals surface area (Å²) in [6, 6.07) is 35.2. The number of allylic oxidation sites excluding steroid dienone is 1. The van der Waals surface area contributed by atoms with Crippen LogP contribution in [0.2, 0.25) is 0 Å². The first-order valence-corrected chi connectivity index (χ1v) is 13.4. The van der Waals surface area contributed by atoms with Crippen molar-refractivity contribution in [3.63, 3.8) is 0 Å². The van der Waals surface area contributed by atoms with Gasteiger partial charge in [0.25, 0.3) is 0 Å². The second kappa shape index (κ2) is 8.99. The number of nitrogens with zero attached hydrogens (tertiary/aromatic N) is 2. The molecule has 0 radical (unpaired) electrons. The molecule has 4 heteroatoms. The van der Waals surface area contributed by atoms with Crippen LogP contribution in [0.3, 0.4) is 0 Å². The number of rotatable bonds is 4. The van der Waals surface area contributed by atoms with Crippen molar-refractivity contribution in [2.75, 3.05) is 0 Å². The lowest BCUT2D eigenvalue weighted by atomic mass is 9.97. The van der Waals surface area contributed by atoms with Crippen molar-refractivity contribution in [3.05, 3.63) is 126 Å². The molecule has 0 atom stereocenters. The molecule has 0 amide bonds. The fourth-order valence-electron chi connectivity index (χ4n) is 5.94. The van der Waals surface area contributed by atoms with Gasteiger partial charge in [0.15, 0.2) is 0 Å². The van der Waals surface area contributed by atoms with Crippen molar-refractivity contribution in [1.82, 2.24) is 9.13 Å². The third-order valence-electron chi connectivity index (χ3n) is 8.08. The Morgan fingerprint density at radius 1 is 0.625 bits per heavy atom. The van der Waals surface area contributed by atoms with E-state index in [1.807, 2.05) is 56.4 Å². The molecule has 0 spiro atoms. The maximum atomic E-state index is 13.5. The summed E-state index contributed by atoms with van der Waals surface area (Å²) in [6.45, 7) is 6.06. The number of aromatic nitrogens is 2. The Labute approximate surface area is 232 Å². The van der Waals surface area contributed by atoms with Gasteiger partial charge >= 0.3 is 5.63 Å². The monoisotopic (exact) mass is 520 g/mol. The van der Waals surface area contributed by atoms with Crippen LogP contribution in [0.5, 0.6) is 0 Å². The number of hydrogen-bond acceptors (Lipinski definition) is 2. The van der Waals surface area contributed by atoms with E-state index in [1.165, 1.54) is 0 Å². The highest BCUT2D eigenvalue weighted by Gasteiger charge is 2.19. The quantitative estimate of drug-likeness (QED) is 0.172. The zero-order valence-electron chi connectivity index (χ0n) is 22.7. The fraction of sp³-hybridized carbons (Fsp3) is 0.0833. The van der Waals surface area contributed by atoms with Crippen LogP contribution >= 0.6 is 0 Å². The highest BCUT2D eigenvalue weighted by Crippen LogP contribution is 2.37.